The summed E-state index contributed by atoms with van der Waals surface area (Å²) in [5.74, 6) is 0. The van der Waals surface area contributed by atoms with Crippen LogP contribution in [0.2, 0.25) is 0 Å². The minimum atomic E-state index is -4.40. The van der Waals surface area contributed by atoms with Crippen molar-refractivity contribution in [2.75, 3.05) is 0 Å². The van der Waals surface area contributed by atoms with Crippen LogP contribution >= 0.6 is 0 Å². The number of halogens is 3. The van der Waals surface area contributed by atoms with Crippen molar-refractivity contribution in [1.82, 2.24) is 9.55 Å². The highest BCUT2D eigenvalue weighted by atomic mass is 19.4. The van der Waals surface area contributed by atoms with Crippen molar-refractivity contribution in [2.45, 2.75) is 19.1 Å². The van der Waals surface area contributed by atoms with E-state index in [-0.39, 0.29) is 0 Å². The Morgan fingerprint density at radius 1 is 1.44 bits per heavy atom. The number of H-pyrrole nitrogens is 1. The lowest BCUT2D eigenvalue weighted by molar-refractivity contribution is -0.136. The molecule has 8 heteroatoms. The molecule has 16 heavy (non-hydrogen) atoms. The first-order chi connectivity index (χ1) is 7.33. The van der Waals surface area contributed by atoms with E-state index in [1.54, 1.807) is 4.98 Å². The van der Waals surface area contributed by atoms with E-state index >= 15 is 0 Å². The molecule has 0 atom stereocenters. The minimum absolute atomic E-state index is 0.401. The van der Waals surface area contributed by atoms with Gasteiger partial charge in [0.2, 0.25) is 0 Å². The maximum absolute atomic E-state index is 11.9. The lowest BCUT2D eigenvalue weighted by Gasteiger charge is -2.07. The van der Waals surface area contributed by atoms with Gasteiger partial charge in [0.1, 0.15) is 11.6 Å². The van der Waals surface area contributed by atoms with Gasteiger partial charge in [-0.2, -0.15) is 18.4 Å². The molecule has 0 saturated carbocycles. The second-order valence-corrected chi connectivity index (χ2v) is 2.97. The fourth-order valence-electron chi connectivity index (χ4n) is 1.00. The van der Waals surface area contributed by atoms with Gasteiger partial charge in [0.05, 0.1) is 6.42 Å². The number of aromatic nitrogens is 2. The smallest absolute Gasteiger partial charge is 0.299 e. The molecular formula is C8H6F3N3O2. The fraction of sp³-hybridized carbons (Fsp3) is 0.375. The Kier molecular flexibility index (Phi) is 3.17. The summed E-state index contributed by atoms with van der Waals surface area (Å²) in [7, 11) is 0. The third-order valence-corrected chi connectivity index (χ3v) is 1.77. The number of alkyl halides is 3. The fourth-order valence-corrected chi connectivity index (χ4v) is 1.00. The first-order valence-corrected chi connectivity index (χ1v) is 4.14. The molecule has 0 amide bonds. The van der Waals surface area contributed by atoms with Gasteiger partial charge in [-0.1, -0.05) is 0 Å². The predicted octanol–water partition coefficient (Wildman–Crippen LogP) is 0.361. The standard InChI is InChI=1S/C8H6F3N3O2/c9-8(10,11)1-2-14-4-5(3-12)6(15)13-7(14)16/h4H,1-2H2,(H,13,15,16). The van der Waals surface area contributed by atoms with E-state index in [0.717, 1.165) is 6.20 Å². The first-order valence-electron chi connectivity index (χ1n) is 4.14. The molecule has 0 aliphatic rings. The minimum Gasteiger partial charge on any atom is -0.299 e. The van der Waals surface area contributed by atoms with Crippen LogP contribution in [0.5, 0.6) is 0 Å². The van der Waals surface area contributed by atoms with Gasteiger partial charge >= 0.3 is 11.9 Å². The van der Waals surface area contributed by atoms with Crippen LogP contribution in [0.1, 0.15) is 12.0 Å². The molecule has 0 saturated heterocycles. The SMILES string of the molecule is N#Cc1cn(CCC(F)(F)F)c(=O)[nH]c1=O. The molecule has 0 bridgehead atoms. The highest BCUT2D eigenvalue weighted by Gasteiger charge is 2.26. The maximum Gasteiger partial charge on any atom is 0.390 e. The molecule has 0 aromatic carbocycles. The number of aromatic amines is 1. The molecule has 0 aliphatic carbocycles. The quantitative estimate of drug-likeness (QED) is 0.800. The summed E-state index contributed by atoms with van der Waals surface area (Å²) >= 11 is 0. The summed E-state index contributed by atoms with van der Waals surface area (Å²) in [5, 5.41) is 8.45. The van der Waals surface area contributed by atoms with E-state index in [4.69, 9.17) is 5.26 Å². The second-order valence-electron chi connectivity index (χ2n) is 2.97. The molecule has 86 valence electrons. The molecule has 0 fully saturated rings. The van der Waals surface area contributed by atoms with E-state index < -0.39 is 36.0 Å². The Morgan fingerprint density at radius 3 is 2.56 bits per heavy atom. The molecule has 1 aromatic heterocycles. The van der Waals surface area contributed by atoms with Crippen molar-refractivity contribution in [1.29, 1.82) is 5.26 Å². The Labute approximate surface area is 86.8 Å². The van der Waals surface area contributed by atoms with Crippen LogP contribution in [0, 0.1) is 11.3 Å². The van der Waals surface area contributed by atoms with Crippen LogP contribution in [-0.4, -0.2) is 15.7 Å². The molecule has 5 nitrogen and oxygen atoms in total. The van der Waals surface area contributed by atoms with E-state index in [9.17, 15) is 22.8 Å². The molecule has 1 N–H and O–H groups in total. The Hall–Kier alpha value is -2.04. The van der Waals surface area contributed by atoms with Crippen molar-refractivity contribution < 1.29 is 13.2 Å². The lowest BCUT2D eigenvalue weighted by atomic mass is 10.3. The maximum atomic E-state index is 11.9. The lowest BCUT2D eigenvalue weighted by Crippen LogP contribution is -2.32. The average molecular weight is 233 g/mol. The van der Waals surface area contributed by atoms with Crippen LogP contribution in [0.3, 0.4) is 0 Å². The Balaban J connectivity index is 3.03. The third kappa shape index (κ3) is 2.98. The largest absolute Gasteiger partial charge is 0.390 e. The van der Waals surface area contributed by atoms with E-state index in [0.29, 0.717) is 4.57 Å². The predicted molar refractivity (Wildman–Crippen MR) is 46.7 cm³/mol. The summed E-state index contributed by atoms with van der Waals surface area (Å²) in [6.07, 6.45) is -4.79. The molecule has 0 aliphatic heterocycles. The van der Waals surface area contributed by atoms with Gasteiger partial charge in [0, 0.05) is 12.7 Å². The summed E-state index contributed by atoms with van der Waals surface area (Å²) in [4.78, 5) is 23.7. The van der Waals surface area contributed by atoms with Gasteiger partial charge in [-0.15, -0.1) is 0 Å². The van der Waals surface area contributed by atoms with Gasteiger partial charge in [-0.05, 0) is 0 Å². The highest BCUT2D eigenvalue weighted by Crippen LogP contribution is 2.19. The van der Waals surface area contributed by atoms with Crippen molar-refractivity contribution >= 4 is 0 Å². The summed E-state index contributed by atoms with van der Waals surface area (Å²) < 4.78 is 36.3. The third-order valence-electron chi connectivity index (χ3n) is 1.77. The van der Waals surface area contributed by atoms with Crippen LogP contribution in [0.4, 0.5) is 13.2 Å². The Bertz CT molecular complexity index is 535. The van der Waals surface area contributed by atoms with Crippen molar-refractivity contribution in [3.63, 3.8) is 0 Å². The summed E-state index contributed by atoms with van der Waals surface area (Å²) in [6.45, 7) is -0.631. The zero-order valence-electron chi connectivity index (χ0n) is 7.84. The highest BCUT2D eigenvalue weighted by molar-refractivity contribution is 5.21. The molecule has 0 radical (unpaired) electrons. The van der Waals surface area contributed by atoms with Crippen LogP contribution in [0.25, 0.3) is 0 Å². The Morgan fingerprint density at radius 2 is 2.06 bits per heavy atom. The average Bonchev–Trinajstić information content (AvgIpc) is 2.15. The first kappa shape index (κ1) is 12.0. The zero-order chi connectivity index (χ0) is 12.3. The van der Waals surface area contributed by atoms with Gasteiger partial charge in [0.15, 0.2) is 0 Å². The topological polar surface area (TPSA) is 78.7 Å². The zero-order valence-corrected chi connectivity index (χ0v) is 7.84. The number of nitrogens with one attached hydrogen (secondary N) is 1. The number of hydrogen-bond donors (Lipinski definition) is 1. The number of hydrogen-bond acceptors (Lipinski definition) is 3. The normalized spacial score (nSPS) is 11.1. The number of nitrogens with zero attached hydrogens (tertiary/aromatic N) is 2. The molecule has 1 rings (SSSR count). The van der Waals surface area contributed by atoms with Crippen LogP contribution in [-0.2, 0) is 6.54 Å². The molecule has 1 aromatic rings. The van der Waals surface area contributed by atoms with Gasteiger partial charge in [-0.25, -0.2) is 4.79 Å². The number of nitriles is 1. The van der Waals surface area contributed by atoms with Gasteiger partial charge in [0.25, 0.3) is 5.56 Å². The van der Waals surface area contributed by atoms with E-state index in [1.165, 1.54) is 6.07 Å². The van der Waals surface area contributed by atoms with E-state index in [1.807, 2.05) is 0 Å². The second kappa shape index (κ2) is 4.22. The molecular weight excluding hydrogens is 227 g/mol. The van der Waals surface area contributed by atoms with Crippen molar-refractivity contribution in [3.05, 3.63) is 32.6 Å². The van der Waals surface area contributed by atoms with E-state index in [2.05, 4.69) is 0 Å². The number of rotatable bonds is 2. The van der Waals surface area contributed by atoms with Gasteiger partial charge in [-0.3, -0.25) is 14.3 Å². The number of aryl methyl sites for hydroxylation is 1. The molecule has 1 heterocycles. The van der Waals surface area contributed by atoms with Crippen molar-refractivity contribution in [2.24, 2.45) is 0 Å². The summed E-state index contributed by atoms with van der Waals surface area (Å²) in [6, 6.07) is 1.48. The summed E-state index contributed by atoms with van der Waals surface area (Å²) in [5.41, 5.74) is -2.27. The molecule has 0 unspecified atom stereocenters. The van der Waals surface area contributed by atoms with Crippen LogP contribution in [0.15, 0.2) is 15.8 Å². The molecule has 0 spiro atoms. The monoisotopic (exact) mass is 233 g/mol. The van der Waals surface area contributed by atoms with Gasteiger partial charge < -0.3 is 0 Å². The van der Waals surface area contributed by atoms with Crippen LogP contribution < -0.4 is 11.2 Å². The van der Waals surface area contributed by atoms with Crippen molar-refractivity contribution in [3.8, 4) is 6.07 Å².